The van der Waals surface area contributed by atoms with Gasteiger partial charge in [-0.15, -0.1) is 0 Å². The van der Waals surface area contributed by atoms with Crippen molar-refractivity contribution in [1.29, 1.82) is 0 Å². The minimum atomic E-state index is -0.158. The van der Waals surface area contributed by atoms with Crippen molar-refractivity contribution in [2.24, 2.45) is 0 Å². The lowest BCUT2D eigenvalue weighted by atomic mass is 10.3. The van der Waals surface area contributed by atoms with E-state index >= 15 is 0 Å². The molecule has 0 unspecified atom stereocenters. The molecule has 5 heteroatoms. The van der Waals surface area contributed by atoms with Crippen molar-refractivity contribution in [3.8, 4) is 0 Å². The Morgan fingerprint density at radius 3 is 2.60 bits per heavy atom. The first-order valence-corrected chi connectivity index (χ1v) is 5.52. The number of anilines is 1. The highest BCUT2D eigenvalue weighted by molar-refractivity contribution is 9.10. The van der Waals surface area contributed by atoms with E-state index in [2.05, 4.69) is 15.9 Å². The largest absolute Gasteiger partial charge is 0.305 e. The van der Waals surface area contributed by atoms with Gasteiger partial charge in [-0.05, 0) is 34.1 Å². The van der Waals surface area contributed by atoms with Crippen LogP contribution < -0.4 is 4.90 Å². The van der Waals surface area contributed by atoms with Gasteiger partial charge in [0.15, 0.2) is 5.78 Å². The number of halogens is 2. The number of benzene rings is 1. The Balaban J connectivity index is 2.34. The third-order valence-electron chi connectivity index (χ3n) is 2.20. The van der Waals surface area contributed by atoms with Crippen molar-refractivity contribution in [2.45, 2.75) is 6.42 Å². The number of Topliss-reactive ketones (excluding diaryl/α,β-unsaturated/α-hetero) is 1. The Labute approximate surface area is 100 Å². The van der Waals surface area contributed by atoms with Crippen LogP contribution in [0.2, 0.25) is 5.02 Å². The fourth-order valence-corrected chi connectivity index (χ4v) is 1.96. The Bertz CT molecular complexity index is 447. The molecule has 0 spiro atoms. The first-order chi connectivity index (χ1) is 7.08. The molecule has 3 nitrogen and oxygen atoms in total. The second-order valence-corrected chi connectivity index (χ2v) is 4.56. The molecule has 1 fully saturated rings. The molecule has 1 aliphatic rings. The Morgan fingerprint density at radius 1 is 1.33 bits per heavy atom. The smallest absolute Gasteiger partial charge is 0.234 e. The third kappa shape index (κ3) is 2.06. The maximum Gasteiger partial charge on any atom is 0.234 e. The van der Waals surface area contributed by atoms with Crippen molar-refractivity contribution in [1.82, 2.24) is 0 Å². The van der Waals surface area contributed by atoms with E-state index in [9.17, 15) is 9.59 Å². The molecule has 0 aromatic heterocycles. The zero-order chi connectivity index (χ0) is 11.0. The quantitative estimate of drug-likeness (QED) is 0.744. The van der Waals surface area contributed by atoms with Gasteiger partial charge in [0.2, 0.25) is 5.91 Å². The lowest BCUT2D eigenvalue weighted by molar-refractivity contribution is -0.121. The van der Waals surface area contributed by atoms with Gasteiger partial charge in [0.25, 0.3) is 0 Å². The van der Waals surface area contributed by atoms with E-state index in [0.717, 1.165) is 0 Å². The van der Waals surface area contributed by atoms with Crippen LogP contribution in [-0.4, -0.2) is 18.2 Å². The molecule has 1 aromatic rings. The number of nitrogens with zero attached hydrogens (tertiary/aromatic N) is 1. The topological polar surface area (TPSA) is 37.4 Å². The molecule has 0 atom stereocenters. The fraction of sp³-hybridized carbons (Fsp3) is 0.200. The van der Waals surface area contributed by atoms with Crippen LogP contribution in [0, 0.1) is 0 Å². The molecule has 0 aliphatic carbocycles. The van der Waals surface area contributed by atoms with Gasteiger partial charge in [0, 0.05) is 10.2 Å². The minimum Gasteiger partial charge on any atom is -0.305 e. The van der Waals surface area contributed by atoms with Crippen LogP contribution >= 0.6 is 27.5 Å². The van der Waals surface area contributed by atoms with Gasteiger partial charge in [-0.1, -0.05) is 11.6 Å². The van der Waals surface area contributed by atoms with Crippen molar-refractivity contribution >= 4 is 44.9 Å². The minimum absolute atomic E-state index is 0.000244. The van der Waals surface area contributed by atoms with Crippen LogP contribution in [0.5, 0.6) is 0 Å². The van der Waals surface area contributed by atoms with Crippen LogP contribution in [0.25, 0.3) is 0 Å². The van der Waals surface area contributed by atoms with Crippen LogP contribution in [0.4, 0.5) is 5.69 Å². The first-order valence-electron chi connectivity index (χ1n) is 4.35. The van der Waals surface area contributed by atoms with Crippen molar-refractivity contribution in [3.63, 3.8) is 0 Å². The summed E-state index contributed by atoms with van der Waals surface area (Å²) in [4.78, 5) is 24.0. The lowest BCUT2D eigenvalue weighted by Gasteiger charge is -2.15. The van der Waals surface area contributed by atoms with Crippen LogP contribution in [0.1, 0.15) is 6.42 Å². The maximum atomic E-state index is 11.4. The first kappa shape index (κ1) is 10.6. The number of hydrogen-bond acceptors (Lipinski definition) is 2. The number of carbonyl (C=O) groups excluding carboxylic acids is 2. The van der Waals surface area contributed by atoms with Gasteiger partial charge in [0.05, 0.1) is 18.0 Å². The van der Waals surface area contributed by atoms with E-state index in [1.807, 2.05) is 0 Å². The summed E-state index contributed by atoms with van der Waals surface area (Å²) in [7, 11) is 0. The van der Waals surface area contributed by atoms with E-state index in [-0.39, 0.29) is 24.7 Å². The van der Waals surface area contributed by atoms with Crippen LogP contribution in [-0.2, 0) is 9.59 Å². The summed E-state index contributed by atoms with van der Waals surface area (Å²) in [5.74, 6) is -0.208. The highest BCUT2D eigenvalue weighted by atomic mass is 79.9. The van der Waals surface area contributed by atoms with Crippen molar-refractivity contribution < 1.29 is 9.59 Å². The van der Waals surface area contributed by atoms with E-state index in [1.165, 1.54) is 4.90 Å². The molecule has 15 heavy (non-hydrogen) atoms. The van der Waals surface area contributed by atoms with Gasteiger partial charge in [0.1, 0.15) is 0 Å². The molecule has 1 amide bonds. The molecule has 0 N–H and O–H groups in total. The average Bonchev–Trinajstić information content (AvgIpc) is 2.50. The Hall–Kier alpha value is -0.870. The second kappa shape index (κ2) is 3.94. The second-order valence-electron chi connectivity index (χ2n) is 3.29. The maximum absolute atomic E-state index is 11.4. The summed E-state index contributed by atoms with van der Waals surface area (Å²) in [5.41, 5.74) is 0.696. The highest BCUT2D eigenvalue weighted by Crippen LogP contribution is 2.29. The van der Waals surface area contributed by atoms with Gasteiger partial charge >= 0.3 is 0 Å². The van der Waals surface area contributed by atoms with Gasteiger partial charge in [-0.3, -0.25) is 9.59 Å². The number of ketones is 1. The molecular formula is C10H7BrClNO2. The zero-order valence-electron chi connectivity index (χ0n) is 7.67. The number of rotatable bonds is 1. The molecule has 2 rings (SSSR count). The summed E-state index contributed by atoms with van der Waals surface area (Å²) in [6.07, 6.45) is 0.000244. The number of hydrogen-bond donors (Lipinski definition) is 0. The Morgan fingerprint density at radius 2 is 2.07 bits per heavy atom. The summed E-state index contributed by atoms with van der Waals surface area (Å²) >= 11 is 9.11. The lowest BCUT2D eigenvalue weighted by Crippen LogP contribution is -2.24. The molecule has 0 radical (unpaired) electrons. The summed E-state index contributed by atoms with van der Waals surface area (Å²) in [5, 5.41) is 0.580. The van der Waals surface area contributed by atoms with E-state index in [1.54, 1.807) is 18.2 Å². The SMILES string of the molecule is O=C1CC(=O)N(c2ccc(Cl)c(Br)c2)C1. The average molecular weight is 289 g/mol. The summed E-state index contributed by atoms with van der Waals surface area (Å²) < 4.78 is 0.716. The summed E-state index contributed by atoms with van der Waals surface area (Å²) in [6.45, 7) is 0.160. The highest BCUT2D eigenvalue weighted by Gasteiger charge is 2.28. The molecule has 1 saturated heterocycles. The van der Waals surface area contributed by atoms with E-state index < -0.39 is 0 Å². The molecule has 1 heterocycles. The van der Waals surface area contributed by atoms with E-state index in [4.69, 9.17) is 11.6 Å². The number of amides is 1. The summed E-state index contributed by atoms with van der Waals surface area (Å²) in [6, 6.07) is 5.15. The molecule has 1 aromatic carbocycles. The zero-order valence-corrected chi connectivity index (χ0v) is 10.0. The normalized spacial score (nSPS) is 16.3. The monoisotopic (exact) mass is 287 g/mol. The Kier molecular flexibility index (Phi) is 2.80. The fourth-order valence-electron chi connectivity index (χ4n) is 1.47. The molecule has 78 valence electrons. The predicted octanol–water partition coefficient (Wildman–Crippen LogP) is 2.41. The van der Waals surface area contributed by atoms with Gasteiger partial charge < -0.3 is 4.90 Å². The molecule has 0 saturated carbocycles. The predicted molar refractivity (Wildman–Crippen MR) is 61.1 cm³/mol. The molecule has 1 aliphatic heterocycles. The standard InChI is InChI=1S/C10H7BrClNO2/c11-8-3-6(1-2-9(8)12)13-5-7(14)4-10(13)15/h1-3H,4-5H2. The number of carbonyl (C=O) groups is 2. The van der Waals surface area contributed by atoms with E-state index in [0.29, 0.717) is 15.2 Å². The van der Waals surface area contributed by atoms with Crippen LogP contribution in [0.3, 0.4) is 0 Å². The van der Waals surface area contributed by atoms with Crippen molar-refractivity contribution in [3.05, 3.63) is 27.7 Å². The van der Waals surface area contributed by atoms with Gasteiger partial charge in [-0.25, -0.2) is 0 Å². The van der Waals surface area contributed by atoms with Crippen molar-refractivity contribution in [2.75, 3.05) is 11.4 Å². The van der Waals surface area contributed by atoms with Crippen LogP contribution in [0.15, 0.2) is 22.7 Å². The van der Waals surface area contributed by atoms with Gasteiger partial charge in [-0.2, -0.15) is 0 Å². The molecular weight excluding hydrogens is 281 g/mol. The third-order valence-corrected chi connectivity index (χ3v) is 3.41. The molecule has 0 bridgehead atoms.